The Balaban J connectivity index is 1.88. The minimum absolute atomic E-state index is 0.0336. The summed E-state index contributed by atoms with van der Waals surface area (Å²) >= 11 is 14.3. The number of hydrogen-bond donors (Lipinski definition) is 0. The monoisotopic (exact) mass is 468 g/mol. The van der Waals surface area contributed by atoms with Crippen molar-refractivity contribution < 1.29 is 14.3 Å². The summed E-state index contributed by atoms with van der Waals surface area (Å²) in [6, 6.07) is 7.16. The minimum Gasteiger partial charge on any atom is -0.385 e. The van der Waals surface area contributed by atoms with Gasteiger partial charge in [-0.3, -0.25) is 9.59 Å². The average molecular weight is 469 g/mol. The van der Waals surface area contributed by atoms with Crippen LogP contribution in [0.5, 0.6) is 0 Å². The second kappa shape index (κ2) is 10.6. The van der Waals surface area contributed by atoms with Crippen molar-refractivity contribution in [2.24, 2.45) is 0 Å². The zero-order valence-electron chi connectivity index (χ0n) is 17.2. The van der Waals surface area contributed by atoms with Gasteiger partial charge in [-0.1, -0.05) is 36.2 Å². The normalized spacial score (nSPS) is 15.7. The second-order valence-corrected chi connectivity index (χ2v) is 9.06. The highest BCUT2D eigenvalue weighted by Gasteiger charge is 2.34. The molecule has 1 atom stereocenters. The number of fused-ring (bicyclic) bond motifs is 1. The van der Waals surface area contributed by atoms with Crippen LogP contribution in [-0.2, 0) is 20.7 Å². The Morgan fingerprint density at radius 2 is 2.07 bits per heavy atom. The lowest BCUT2D eigenvalue weighted by Gasteiger charge is -2.38. The van der Waals surface area contributed by atoms with Crippen molar-refractivity contribution in [3.8, 4) is 0 Å². The van der Waals surface area contributed by atoms with Gasteiger partial charge in [0.2, 0.25) is 11.8 Å². The highest BCUT2D eigenvalue weighted by atomic mass is 35.5. The van der Waals surface area contributed by atoms with E-state index in [2.05, 4.69) is 6.07 Å². The Morgan fingerprint density at radius 3 is 2.77 bits per heavy atom. The number of hydrogen-bond acceptors (Lipinski definition) is 4. The van der Waals surface area contributed by atoms with Crippen LogP contribution in [-0.4, -0.2) is 55.0 Å². The number of halogens is 2. The van der Waals surface area contributed by atoms with E-state index >= 15 is 0 Å². The smallest absolute Gasteiger partial charge is 0.242 e. The predicted molar refractivity (Wildman–Crippen MR) is 121 cm³/mol. The Bertz CT molecular complexity index is 902. The van der Waals surface area contributed by atoms with Crippen molar-refractivity contribution >= 4 is 46.4 Å². The number of benzene rings is 1. The highest BCUT2D eigenvalue weighted by Crippen LogP contribution is 2.41. The van der Waals surface area contributed by atoms with E-state index in [0.29, 0.717) is 42.6 Å². The first-order valence-electron chi connectivity index (χ1n) is 10.0. The van der Waals surface area contributed by atoms with Crippen molar-refractivity contribution in [1.29, 1.82) is 0 Å². The summed E-state index contributed by atoms with van der Waals surface area (Å²) in [6.45, 7) is 3.49. The van der Waals surface area contributed by atoms with E-state index in [9.17, 15) is 9.59 Å². The Hall–Kier alpha value is -1.60. The molecule has 0 radical (unpaired) electrons. The van der Waals surface area contributed by atoms with Gasteiger partial charge in [-0.05, 0) is 47.5 Å². The van der Waals surface area contributed by atoms with E-state index in [1.54, 1.807) is 35.5 Å². The van der Waals surface area contributed by atoms with Gasteiger partial charge in [0.25, 0.3) is 0 Å². The molecule has 0 N–H and O–H groups in total. The molecule has 1 aromatic carbocycles. The van der Waals surface area contributed by atoms with Gasteiger partial charge in [0, 0.05) is 48.1 Å². The van der Waals surface area contributed by atoms with E-state index in [4.69, 9.17) is 27.9 Å². The number of ether oxygens (including phenoxy) is 1. The number of rotatable bonds is 8. The van der Waals surface area contributed by atoms with Crippen LogP contribution in [0.3, 0.4) is 0 Å². The van der Waals surface area contributed by atoms with Crippen molar-refractivity contribution in [3.63, 3.8) is 0 Å². The molecule has 0 saturated carbocycles. The van der Waals surface area contributed by atoms with Crippen LogP contribution in [0.4, 0.5) is 0 Å². The summed E-state index contributed by atoms with van der Waals surface area (Å²) in [5.41, 5.74) is 1.94. The molecule has 2 amide bonds. The molecule has 3 rings (SSSR count). The summed E-state index contributed by atoms with van der Waals surface area (Å²) in [7, 11) is 1.63. The Labute approximate surface area is 191 Å². The summed E-state index contributed by atoms with van der Waals surface area (Å²) in [4.78, 5) is 30.5. The molecule has 0 spiro atoms. The average Bonchev–Trinajstić information content (AvgIpc) is 3.21. The molecular formula is C22H26Cl2N2O3S. The highest BCUT2D eigenvalue weighted by molar-refractivity contribution is 7.10. The maximum atomic E-state index is 13.4. The fourth-order valence-corrected chi connectivity index (χ4v) is 5.23. The summed E-state index contributed by atoms with van der Waals surface area (Å²) in [6.07, 6.45) is 1.85. The van der Waals surface area contributed by atoms with Gasteiger partial charge >= 0.3 is 0 Å². The van der Waals surface area contributed by atoms with E-state index < -0.39 is 0 Å². The number of amides is 2. The molecule has 1 unspecified atom stereocenters. The van der Waals surface area contributed by atoms with Gasteiger partial charge in [-0.15, -0.1) is 11.3 Å². The van der Waals surface area contributed by atoms with E-state index in [1.807, 2.05) is 23.3 Å². The van der Waals surface area contributed by atoms with Crippen molar-refractivity contribution in [2.45, 2.75) is 32.2 Å². The summed E-state index contributed by atoms with van der Waals surface area (Å²) < 4.78 is 5.10. The summed E-state index contributed by atoms with van der Waals surface area (Å²) in [5.74, 6) is -0.115. The Kier molecular flexibility index (Phi) is 8.17. The van der Waals surface area contributed by atoms with Crippen LogP contribution in [0.2, 0.25) is 10.0 Å². The number of nitrogens with zero attached hydrogens (tertiary/aromatic N) is 2. The van der Waals surface area contributed by atoms with Gasteiger partial charge in [0.05, 0.1) is 12.6 Å². The molecule has 1 aliphatic heterocycles. The third-order valence-corrected chi connectivity index (χ3v) is 6.86. The molecule has 162 valence electrons. The molecule has 0 aliphatic carbocycles. The van der Waals surface area contributed by atoms with Gasteiger partial charge < -0.3 is 14.5 Å². The van der Waals surface area contributed by atoms with Crippen molar-refractivity contribution in [3.05, 3.63) is 55.7 Å². The van der Waals surface area contributed by atoms with Crippen molar-refractivity contribution in [1.82, 2.24) is 9.80 Å². The molecule has 2 aromatic rings. The van der Waals surface area contributed by atoms with E-state index in [0.717, 1.165) is 17.5 Å². The third-order valence-electron chi connectivity index (χ3n) is 5.30. The van der Waals surface area contributed by atoms with Crippen molar-refractivity contribution in [2.75, 3.05) is 33.4 Å². The fraction of sp³-hybridized carbons (Fsp3) is 0.455. The fourth-order valence-electron chi connectivity index (χ4n) is 3.81. The lowest BCUT2D eigenvalue weighted by molar-refractivity contribution is -0.141. The zero-order valence-corrected chi connectivity index (χ0v) is 19.5. The first kappa shape index (κ1) is 23.1. The topological polar surface area (TPSA) is 49.9 Å². The van der Waals surface area contributed by atoms with E-state index in [-0.39, 0.29) is 24.4 Å². The van der Waals surface area contributed by atoms with Crippen LogP contribution in [0, 0.1) is 0 Å². The van der Waals surface area contributed by atoms with Crippen LogP contribution in [0.15, 0.2) is 29.6 Å². The maximum absolute atomic E-state index is 13.4. The molecule has 5 nitrogen and oxygen atoms in total. The molecular weight excluding hydrogens is 443 g/mol. The molecule has 0 fully saturated rings. The molecule has 0 bridgehead atoms. The molecule has 0 saturated heterocycles. The molecule has 1 aromatic heterocycles. The number of carbonyl (C=O) groups is 2. The largest absolute Gasteiger partial charge is 0.385 e. The SMILES string of the molecule is CCC(=O)N(CCCOC)CC(=O)N1CCc2sccc2C1c1ccc(Cl)cc1Cl. The number of methoxy groups -OCH3 is 1. The molecule has 2 heterocycles. The van der Waals surface area contributed by atoms with E-state index in [1.165, 1.54) is 4.88 Å². The number of carbonyl (C=O) groups excluding carboxylic acids is 2. The maximum Gasteiger partial charge on any atom is 0.242 e. The third kappa shape index (κ3) is 5.17. The number of thiophene rings is 1. The van der Waals surface area contributed by atoms with Crippen LogP contribution in [0.25, 0.3) is 0 Å². The molecule has 8 heteroatoms. The van der Waals surface area contributed by atoms with Gasteiger partial charge in [-0.2, -0.15) is 0 Å². The first-order chi connectivity index (χ1) is 14.5. The zero-order chi connectivity index (χ0) is 21.7. The van der Waals surface area contributed by atoms with Crippen LogP contribution < -0.4 is 0 Å². The minimum atomic E-state index is -0.283. The van der Waals surface area contributed by atoms with Gasteiger partial charge in [0.15, 0.2) is 0 Å². The van der Waals surface area contributed by atoms with Crippen LogP contribution >= 0.6 is 34.5 Å². The predicted octanol–water partition coefficient (Wildman–Crippen LogP) is 4.80. The van der Waals surface area contributed by atoms with Gasteiger partial charge in [0.1, 0.15) is 0 Å². The standard InChI is InChI=1S/C22H26Cl2N2O3S/c1-3-20(27)25(9-4-11-29-2)14-21(28)26-10-7-19-17(8-12-30-19)22(26)16-6-5-15(23)13-18(16)24/h5-6,8,12-13,22H,3-4,7,9-11,14H2,1-2H3. The summed E-state index contributed by atoms with van der Waals surface area (Å²) in [5, 5.41) is 3.14. The lowest BCUT2D eigenvalue weighted by Crippen LogP contribution is -2.47. The molecule has 30 heavy (non-hydrogen) atoms. The van der Waals surface area contributed by atoms with Crippen LogP contribution in [0.1, 0.15) is 41.8 Å². The lowest BCUT2D eigenvalue weighted by atomic mass is 9.93. The quantitative estimate of drug-likeness (QED) is 0.522. The molecule has 1 aliphatic rings. The Morgan fingerprint density at radius 1 is 1.27 bits per heavy atom. The first-order valence-corrected chi connectivity index (χ1v) is 11.7. The van der Waals surface area contributed by atoms with Gasteiger partial charge in [-0.25, -0.2) is 0 Å². The second-order valence-electron chi connectivity index (χ2n) is 7.22.